The van der Waals surface area contributed by atoms with Gasteiger partial charge in [-0.05, 0) is 50.5 Å². The molecule has 4 nitrogen and oxygen atoms in total. The van der Waals surface area contributed by atoms with Crippen molar-refractivity contribution in [1.29, 1.82) is 0 Å². The van der Waals surface area contributed by atoms with Crippen LogP contribution >= 0.6 is 0 Å². The summed E-state index contributed by atoms with van der Waals surface area (Å²) in [6.07, 6.45) is -3.56. The molecule has 1 fully saturated rings. The number of carbonyl (C=O) groups excluding carboxylic acids is 1. The van der Waals surface area contributed by atoms with Gasteiger partial charge in [0.1, 0.15) is 0 Å². The predicted molar refractivity (Wildman–Crippen MR) is 81.7 cm³/mol. The molecule has 23 heavy (non-hydrogen) atoms. The van der Waals surface area contributed by atoms with Crippen LogP contribution in [0.15, 0.2) is 24.3 Å². The van der Waals surface area contributed by atoms with Crippen LogP contribution in [0.25, 0.3) is 0 Å². The van der Waals surface area contributed by atoms with Crippen molar-refractivity contribution in [3.05, 3.63) is 35.4 Å². The lowest BCUT2D eigenvalue weighted by Crippen LogP contribution is -2.32. The van der Waals surface area contributed by atoms with Gasteiger partial charge in [0.2, 0.25) is 0 Å². The van der Waals surface area contributed by atoms with E-state index in [4.69, 9.17) is 0 Å². The Hall–Kier alpha value is -1.60. The van der Waals surface area contributed by atoms with Crippen molar-refractivity contribution >= 4 is 5.91 Å². The van der Waals surface area contributed by atoms with E-state index in [9.17, 15) is 18.0 Å². The molecule has 1 saturated heterocycles. The van der Waals surface area contributed by atoms with Crippen molar-refractivity contribution in [2.75, 3.05) is 13.6 Å². The summed E-state index contributed by atoms with van der Waals surface area (Å²) in [5.41, 5.74) is 5.85. The maximum Gasteiger partial charge on any atom is 0.416 e. The van der Waals surface area contributed by atoms with Gasteiger partial charge >= 0.3 is 6.18 Å². The van der Waals surface area contributed by atoms with Crippen molar-refractivity contribution < 1.29 is 18.0 Å². The second-order valence-electron chi connectivity index (χ2n) is 6.12. The lowest BCUT2D eigenvalue weighted by Gasteiger charge is -2.23. The fourth-order valence-corrected chi connectivity index (χ4v) is 2.88. The highest BCUT2D eigenvalue weighted by atomic mass is 19.4. The number of hydrogen-bond acceptors (Lipinski definition) is 3. The molecule has 0 bridgehead atoms. The first kappa shape index (κ1) is 17.7. The Morgan fingerprint density at radius 1 is 1.13 bits per heavy atom. The standard InChI is InChI=1S/C16H22F3N3O/c1-10-14(11(2)21-20-10)8-9-22(3)15(23)12-4-6-13(7-5-12)16(17,18)19/h4-7,10-11,14,20-21H,8-9H2,1-3H3. The van der Waals surface area contributed by atoms with Crippen LogP contribution in [0.3, 0.4) is 0 Å². The van der Waals surface area contributed by atoms with Crippen LogP contribution in [0.5, 0.6) is 0 Å². The molecule has 128 valence electrons. The summed E-state index contributed by atoms with van der Waals surface area (Å²) in [7, 11) is 1.67. The van der Waals surface area contributed by atoms with E-state index >= 15 is 0 Å². The normalized spacial score (nSPS) is 24.7. The summed E-state index contributed by atoms with van der Waals surface area (Å²) < 4.78 is 37.6. The Morgan fingerprint density at radius 3 is 2.13 bits per heavy atom. The number of alkyl halides is 3. The van der Waals surface area contributed by atoms with Gasteiger partial charge in [0.15, 0.2) is 0 Å². The third-order valence-electron chi connectivity index (χ3n) is 4.43. The van der Waals surface area contributed by atoms with Gasteiger partial charge in [-0.25, -0.2) is 0 Å². The Labute approximate surface area is 134 Å². The Morgan fingerprint density at radius 2 is 1.65 bits per heavy atom. The van der Waals surface area contributed by atoms with E-state index in [1.165, 1.54) is 12.1 Å². The highest BCUT2D eigenvalue weighted by Crippen LogP contribution is 2.29. The van der Waals surface area contributed by atoms with E-state index < -0.39 is 11.7 Å². The van der Waals surface area contributed by atoms with E-state index in [0.29, 0.717) is 24.5 Å². The highest BCUT2D eigenvalue weighted by Gasteiger charge is 2.31. The highest BCUT2D eigenvalue weighted by molar-refractivity contribution is 5.94. The van der Waals surface area contributed by atoms with Crippen LogP contribution in [-0.4, -0.2) is 36.5 Å². The van der Waals surface area contributed by atoms with E-state index in [2.05, 4.69) is 24.7 Å². The van der Waals surface area contributed by atoms with Crippen molar-refractivity contribution in [3.63, 3.8) is 0 Å². The minimum absolute atomic E-state index is 0.266. The number of benzene rings is 1. The summed E-state index contributed by atoms with van der Waals surface area (Å²) >= 11 is 0. The zero-order chi connectivity index (χ0) is 17.2. The molecule has 0 spiro atoms. The van der Waals surface area contributed by atoms with Crippen LogP contribution in [0.4, 0.5) is 13.2 Å². The summed E-state index contributed by atoms with van der Waals surface area (Å²) in [6.45, 7) is 4.72. The van der Waals surface area contributed by atoms with E-state index in [1.807, 2.05) is 0 Å². The monoisotopic (exact) mass is 329 g/mol. The Bertz CT molecular complexity index is 534. The minimum Gasteiger partial charge on any atom is -0.342 e. The molecule has 0 radical (unpaired) electrons. The Kier molecular flexibility index (Phi) is 5.31. The van der Waals surface area contributed by atoms with Gasteiger partial charge in [-0.15, -0.1) is 0 Å². The molecule has 2 atom stereocenters. The summed E-state index contributed by atoms with van der Waals surface area (Å²) in [4.78, 5) is 13.8. The van der Waals surface area contributed by atoms with Crippen molar-refractivity contribution in [3.8, 4) is 0 Å². The number of halogens is 3. The summed E-state index contributed by atoms with van der Waals surface area (Å²) in [6, 6.07) is 4.97. The number of rotatable bonds is 4. The maximum absolute atomic E-state index is 12.5. The van der Waals surface area contributed by atoms with E-state index in [-0.39, 0.29) is 11.5 Å². The lowest BCUT2D eigenvalue weighted by atomic mass is 9.93. The second kappa shape index (κ2) is 6.88. The average Bonchev–Trinajstić information content (AvgIpc) is 2.82. The van der Waals surface area contributed by atoms with Gasteiger partial charge in [-0.1, -0.05) is 0 Å². The van der Waals surface area contributed by atoms with Crippen LogP contribution in [0, 0.1) is 5.92 Å². The molecule has 1 aliphatic rings. The summed E-state index contributed by atoms with van der Waals surface area (Å²) in [5.74, 6) is 0.135. The van der Waals surface area contributed by atoms with Gasteiger partial charge in [0.25, 0.3) is 5.91 Å². The molecule has 0 aliphatic carbocycles. The minimum atomic E-state index is -4.39. The largest absolute Gasteiger partial charge is 0.416 e. The first-order valence-electron chi connectivity index (χ1n) is 7.64. The topological polar surface area (TPSA) is 44.4 Å². The first-order chi connectivity index (χ1) is 10.7. The fraction of sp³-hybridized carbons (Fsp3) is 0.562. The van der Waals surface area contributed by atoms with Gasteiger partial charge in [-0.3, -0.25) is 15.6 Å². The number of hydrazine groups is 1. The second-order valence-corrected chi connectivity index (χ2v) is 6.12. The van der Waals surface area contributed by atoms with Crippen LogP contribution in [0.1, 0.15) is 36.2 Å². The summed E-state index contributed by atoms with van der Waals surface area (Å²) in [5, 5.41) is 0. The molecule has 0 saturated carbocycles. The number of hydrogen-bond donors (Lipinski definition) is 2. The lowest BCUT2D eigenvalue weighted by molar-refractivity contribution is -0.137. The molecule has 1 aromatic rings. The van der Waals surface area contributed by atoms with Gasteiger partial charge in [0, 0.05) is 31.2 Å². The molecule has 1 amide bonds. The van der Waals surface area contributed by atoms with Gasteiger partial charge < -0.3 is 4.90 Å². The van der Waals surface area contributed by atoms with Gasteiger partial charge in [0.05, 0.1) is 5.56 Å². The van der Waals surface area contributed by atoms with E-state index in [0.717, 1.165) is 18.6 Å². The predicted octanol–water partition coefficient (Wildman–Crippen LogP) is 2.67. The van der Waals surface area contributed by atoms with Crippen LogP contribution in [-0.2, 0) is 6.18 Å². The van der Waals surface area contributed by atoms with Crippen molar-refractivity contribution in [1.82, 2.24) is 15.8 Å². The molecule has 2 N–H and O–H groups in total. The molecule has 1 aromatic carbocycles. The number of nitrogens with one attached hydrogen (secondary N) is 2. The fourth-order valence-electron chi connectivity index (χ4n) is 2.88. The average molecular weight is 329 g/mol. The van der Waals surface area contributed by atoms with Crippen molar-refractivity contribution in [2.45, 2.75) is 38.5 Å². The van der Waals surface area contributed by atoms with Crippen LogP contribution in [0.2, 0.25) is 0 Å². The third kappa shape index (κ3) is 4.23. The quantitative estimate of drug-likeness (QED) is 0.893. The number of amides is 1. The molecule has 0 aromatic heterocycles. The molecule has 2 unspecified atom stereocenters. The van der Waals surface area contributed by atoms with E-state index in [1.54, 1.807) is 11.9 Å². The molecule has 7 heteroatoms. The molecular formula is C16H22F3N3O. The van der Waals surface area contributed by atoms with Gasteiger partial charge in [-0.2, -0.15) is 13.2 Å². The smallest absolute Gasteiger partial charge is 0.342 e. The number of nitrogens with zero attached hydrogens (tertiary/aromatic N) is 1. The molecule has 1 aliphatic heterocycles. The molecule has 2 rings (SSSR count). The zero-order valence-electron chi connectivity index (χ0n) is 13.4. The third-order valence-corrected chi connectivity index (χ3v) is 4.43. The zero-order valence-corrected chi connectivity index (χ0v) is 13.4. The van der Waals surface area contributed by atoms with Crippen molar-refractivity contribution in [2.24, 2.45) is 5.92 Å². The molecule has 1 heterocycles. The maximum atomic E-state index is 12.5. The SMILES string of the molecule is CC1NNC(C)C1CCN(C)C(=O)c1ccc(C(F)(F)F)cc1. The number of carbonyl (C=O) groups is 1. The first-order valence-corrected chi connectivity index (χ1v) is 7.64. The van der Waals surface area contributed by atoms with Crippen LogP contribution < -0.4 is 10.9 Å². The molecular weight excluding hydrogens is 307 g/mol. The Balaban J connectivity index is 1.94.